The van der Waals surface area contributed by atoms with E-state index in [1.807, 2.05) is 24.3 Å². The molecular weight excluding hydrogens is 358 g/mol. The van der Waals surface area contributed by atoms with Gasteiger partial charge in [-0.05, 0) is 61.2 Å². The second kappa shape index (κ2) is 8.89. The summed E-state index contributed by atoms with van der Waals surface area (Å²) in [5.41, 5.74) is 2.17. The quantitative estimate of drug-likeness (QED) is 0.792. The summed E-state index contributed by atoms with van der Waals surface area (Å²) in [4.78, 5) is 26.4. The molecule has 3 rings (SSSR count). The van der Waals surface area contributed by atoms with Crippen molar-refractivity contribution in [3.8, 4) is 5.75 Å². The van der Waals surface area contributed by atoms with Gasteiger partial charge in [0.05, 0.1) is 18.8 Å². The highest BCUT2D eigenvalue weighted by Crippen LogP contribution is 2.20. The minimum Gasteiger partial charge on any atom is -0.497 e. The number of ether oxygens (including phenoxy) is 2. The van der Waals surface area contributed by atoms with Crippen LogP contribution < -0.4 is 4.74 Å². The van der Waals surface area contributed by atoms with Crippen LogP contribution in [-0.2, 0) is 11.3 Å². The minimum atomic E-state index is -1.05. The third-order valence-electron chi connectivity index (χ3n) is 4.81. The van der Waals surface area contributed by atoms with E-state index in [4.69, 9.17) is 9.47 Å². The predicted molar refractivity (Wildman–Crippen MR) is 105 cm³/mol. The summed E-state index contributed by atoms with van der Waals surface area (Å²) in [6.07, 6.45) is 1.90. The Bertz CT molecular complexity index is 858. The summed E-state index contributed by atoms with van der Waals surface area (Å²) in [6, 6.07) is 12.3. The van der Waals surface area contributed by atoms with Crippen LogP contribution in [0, 0.1) is 6.92 Å². The maximum absolute atomic E-state index is 13.3. The Labute approximate surface area is 164 Å². The van der Waals surface area contributed by atoms with Crippen LogP contribution in [0.1, 0.15) is 44.7 Å². The predicted octanol–water partition coefficient (Wildman–Crippen LogP) is 3.52. The van der Waals surface area contributed by atoms with Crippen molar-refractivity contribution in [1.29, 1.82) is 0 Å². The fraction of sp³-hybridized carbons (Fsp3) is 0.364. The molecule has 1 amide bonds. The summed E-state index contributed by atoms with van der Waals surface area (Å²) >= 11 is 0. The Hall–Kier alpha value is -2.86. The van der Waals surface area contributed by atoms with Crippen LogP contribution in [0.25, 0.3) is 0 Å². The van der Waals surface area contributed by atoms with Gasteiger partial charge in [0.15, 0.2) is 0 Å². The number of rotatable bonds is 7. The van der Waals surface area contributed by atoms with E-state index in [1.54, 1.807) is 31.1 Å². The van der Waals surface area contributed by atoms with Crippen molar-refractivity contribution < 1.29 is 24.2 Å². The van der Waals surface area contributed by atoms with Gasteiger partial charge in [-0.1, -0.05) is 12.1 Å². The van der Waals surface area contributed by atoms with Crippen LogP contribution in [0.15, 0.2) is 42.5 Å². The monoisotopic (exact) mass is 383 g/mol. The number of amides is 1. The van der Waals surface area contributed by atoms with E-state index in [9.17, 15) is 14.7 Å². The Balaban J connectivity index is 1.88. The smallest absolute Gasteiger partial charge is 0.335 e. The lowest BCUT2D eigenvalue weighted by Crippen LogP contribution is -2.37. The van der Waals surface area contributed by atoms with E-state index < -0.39 is 5.97 Å². The van der Waals surface area contributed by atoms with Crippen LogP contribution in [0.2, 0.25) is 0 Å². The molecule has 0 aliphatic carbocycles. The number of nitrogens with zero attached hydrogens (tertiary/aromatic N) is 1. The van der Waals surface area contributed by atoms with E-state index >= 15 is 0 Å². The van der Waals surface area contributed by atoms with Gasteiger partial charge in [0, 0.05) is 25.3 Å². The van der Waals surface area contributed by atoms with E-state index in [1.165, 1.54) is 6.07 Å². The second-order valence-corrected chi connectivity index (χ2v) is 7.07. The number of aryl methyl sites for hydroxylation is 1. The summed E-state index contributed by atoms with van der Waals surface area (Å²) in [5.74, 6) is -0.522. The molecule has 28 heavy (non-hydrogen) atoms. The molecule has 1 fully saturated rings. The molecule has 0 aromatic heterocycles. The topological polar surface area (TPSA) is 76.1 Å². The third-order valence-corrected chi connectivity index (χ3v) is 4.81. The first-order valence-electron chi connectivity index (χ1n) is 9.35. The number of carbonyl (C=O) groups excluding carboxylic acids is 1. The van der Waals surface area contributed by atoms with Crippen molar-refractivity contribution in [2.75, 3.05) is 20.3 Å². The molecule has 1 N–H and O–H groups in total. The number of benzene rings is 2. The van der Waals surface area contributed by atoms with Crippen LogP contribution in [0.4, 0.5) is 0 Å². The molecule has 0 spiro atoms. The van der Waals surface area contributed by atoms with E-state index in [2.05, 4.69) is 0 Å². The van der Waals surface area contributed by atoms with E-state index in [0.717, 1.165) is 29.7 Å². The maximum Gasteiger partial charge on any atom is 0.335 e. The van der Waals surface area contributed by atoms with Gasteiger partial charge in [-0.2, -0.15) is 0 Å². The number of carboxylic acid groups (broad SMARTS) is 1. The largest absolute Gasteiger partial charge is 0.497 e. The molecule has 1 saturated heterocycles. The SMILES string of the molecule is COc1cccc(CN(CC2CCCO2)C(=O)c2cc(C)cc(C(=O)O)c2)c1. The summed E-state index contributed by atoms with van der Waals surface area (Å²) in [6.45, 7) is 3.35. The zero-order valence-electron chi connectivity index (χ0n) is 16.2. The zero-order chi connectivity index (χ0) is 20.1. The van der Waals surface area contributed by atoms with Crippen molar-refractivity contribution in [2.24, 2.45) is 0 Å². The molecule has 148 valence electrons. The number of aromatic carboxylic acids is 1. The Morgan fingerprint density at radius 1 is 1.21 bits per heavy atom. The first kappa shape index (κ1) is 19.9. The molecule has 2 aromatic carbocycles. The van der Waals surface area contributed by atoms with Crippen molar-refractivity contribution in [2.45, 2.75) is 32.4 Å². The van der Waals surface area contributed by atoms with Crippen molar-refractivity contribution in [3.63, 3.8) is 0 Å². The van der Waals surface area contributed by atoms with Crippen LogP contribution in [-0.4, -0.2) is 48.2 Å². The minimum absolute atomic E-state index is 0.00156. The molecule has 6 nitrogen and oxygen atoms in total. The van der Waals surface area contributed by atoms with Crippen molar-refractivity contribution >= 4 is 11.9 Å². The molecule has 1 atom stereocenters. The molecule has 1 heterocycles. The number of carbonyl (C=O) groups is 2. The normalized spacial score (nSPS) is 16.0. The number of carboxylic acids is 1. The molecule has 0 radical (unpaired) electrons. The van der Waals surface area contributed by atoms with Crippen LogP contribution in [0.5, 0.6) is 5.75 Å². The van der Waals surface area contributed by atoms with Crippen molar-refractivity contribution in [3.05, 3.63) is 64.7 Å². The zero-order valence-corrected chi connectivity index (χ0v) is 16.2. The molecule has 1 unspecified atom stereocenters. The maximum atomic E-state index is 13.3. The standard InChI is InChI=1S/C22H25NO5/c1-15-9-17(12-18(10-15)22(25)26)21(24)23(14-20-7-4-8-28-20)13-16-5-3-6-19(11-16)27-2/h3,5-6,9-12,20H,4,7-8,13-14H2,1-2H3,(H,25,26). The first-order valence-corrected chi connectivity index (χ1v) is 9.35. The highest BCUT2D eigenvalue weighted by molar-refractivity contribution is 5.97. The second-order valence-electron chi connectivity index (χ2n) is 7.07. The summed E-state index contributed by atoms with van der Waals surface area (Å²) in [5, 5.41) is 9.32. The highest BCUT2D eigenvalue weighted by atomic mass is 16.5. The van der Waals surface area contributed by atoms with E-state index in [-0.39, 0.29) is 17.6 Å². The Kier molecular flexibility index (Phi) is 6.31. The summed E-state index contributed by atoms with van der Waals surface area (Å²) in [7, 11) is 1.61. The Morgan fingerprint density at radius 2 is 2.00 bits per heavy atom. The van der Waals surface area contributed by atoms with Gasteiger partial charge in [0.1, 0.15) is 5.75 Å². The van der Waals surface area contributed by atoms with Crippen molar-refractivity contribution in [1.82, 2.24) is 4.90 Å². The first-order chi connectivity index (χ1) is 13.5. The lowest BCUT2D eigenvalue weighted by molar-refractivity contribution is 0.0507. The summed E-state index contributed by atoms with van der Waals surface area (Å²) < 4.78 is 11.0. The molecule has 1 aliphatic heterocycles. The lowest BCUT2D eigenvalue weighted by Gasteiger charge is -2.26. The molecule has 2 aromatic rings. The molecule has 0 bridgehead atoms. The Morgan fingerprint density at radius 3 is 2.68 bits per heavy atom. The average Bonchev–Trinajstić information content (AvgIpc) is 3.19. The molecule has 0 saturated carbocycles. The number of hydrogen-bond acceptors (Lipinski definition) is 4. The third kappa shape index (κ3) is 4.89. The van der Waals surface area contributed by atoms with Crippen LogP contribution >= 0.6 is 0 Å². The van der Waals surface area contributed by atoms with Gasteiger partial charge in [0.25, 0.3) is 5.91 Å². The number of hydrogen-bond donors (Lipinski definition) is 1. The molecule has 1 aliphatic rings. The average molecular weight is 383 g/mol. The van der Waals surface area contributed by atoms with Crippen LogP contribution in [0.3, 0.4) is 0 Å². The highest BCUT2D eigenvalue weighted by Gasteiger charge is 2.24. The number of methoxy groups -OCH3 is 1. The van der Waals surface area contributed by atoms with Gasteiger partial charge >= 0.3 is 5.97 Å². The fourth-order valence-corrected chi connectivity index (χ4v) is 3.46. The van der Waals surface area contributed by atoms with Gasteiger partial charge in [0.2, 0.25) is 0 Å². The molecular formula is C22H25NO5. The lowest BCUT2D eigenvalue weighted by atomic mass is 10.0. The van der Waals surface area contributed by atoms with Gasteiger partial charge in [-0.3, -0.25) is 4.79 Å². The van der Waals surface area contributed by atoms with Gasteiger partial charge in [-0.15, -0.1) is 0 Å². The van der Waals surface area contributed by atoms with Gasteiger partial charge < -0.3 is 19.5 Å². The fourth-order valence-electron chi connectivity index (χ4n) is 3.46. The molecule has 6 heteroatoms. The van der Waals surface area contributed by atoms with Gasteiger partial charge in [-0.25, -0.2) is 4.79 Å². The van der Waals surface area contributed by atoms with E-state index in [0.29, 0.717) is 25.3 Å².